The van der Waals surface area contributed by atoms with Crippen LogP contribution in [-0.2, 0) is 22.5 Å². The van der Waals surface area contributed by atoms with Crippen LogP contribution in [0.2, 0.25) is 5.15 Å². The monoisotopic (exact) mass is 830 g/mol. The van der Waals surface area contributed by atoms with Gasteiger partial charge in [-0.2, -0.15) is 4.65 Å². The van der Waals surface area contributed by atoms with Gasteiger partial charge in [0.15, 0.2) is 28.4 Å². The summed E-state index contributed by atoms with van der Waals surface area (Å²) in [4.78, 5) is 42.9. The highest BCUT2D eigenvalue weighted by molar-refractivity contribution is 6.31. The predicted molar refractivity (Wildman–Crippen MR) is 223 cm³/mol. The number of amides is 2. The number of guanidine groups is 1. The number of hydroxylamine groups is 3. The molecule has 0 spiro atoms. The van der Waals surface area contributed by atoms with E-state index in [0.29, 0.717) is 45.3 Å². The van der Waals surface area contributed by atoms with Crippen LogP contribution < -0.4 is 27.8 Å². The molecule has 4 atom stereocenters. The number of aromatic nitrogens is 2. The molecule has 17 nitrogen and oxygen atoms in total. The Morgan fingerprint density at radius 1 is 0.828 bits per heavy atom. The van der Waals surface area contributed by atoms with Crippen LogP contribution in [-0.4, -0.2) is 129 Å². The van der Waals surface area contributed by atoms with E-state index >= 15 is 0 Å². The Morgan fingerprint density at radius 3 is 2.10 bits per heavy atom. The minimum atomic E-state index is -0.929. The molecule has 2 aromatic carbocycles. The number of benzene rings is 2. The zero-order valence-corrected chi connectivity index (χ0v) is 34.0. The largest absolute Gasteiger partial charge is 0.396 e. The zero-order valence-electron chi connectivity index (χ0n) is 33.2. The van der Waals surface area contributed by atoms with Crippen LogP contribution in [0.3, 0.4) is 0 Å². The number of hydrogen-bond donors (Lipinski definition) is 10. The molecule has 0 fully saturated rings. The number of anilines is 2. The first-order valence-electron chi connectivity index (χ1n) is 19.6. The van der Waals surface area contributed by atoms with E-state index in [2.05, 4.69) is 49.9 Å². The molecule has 18 heteroatoms. The Balaban J connectivity index is 1.42. The second-order valence-corrected chi connectivity index (χ2v) is 14.6. The highest BCUT2D eigenvalue weighted by atomic mass is 35.5. The number of nitrogen functional groups attached to an aromatic ring is 2. The number of quaternary nitrogens is 1. The molecule has 2 amide bonds. The molecule has 1 aromatic heterocycles. The maximum absolute atomic E-state index is 12.8. The molecule has 320 valence electrons. The molecule has 0 radical (unpaired) electrons. The van der Waals surface area contributed by atoms with Gasteiger partial charge in [-0.05, 0) is 67.2 Å². The van der Waals surface area contributed by atoms with Crippen molar-refractivity contribution in [2.75, 3.05) is 64.5 Å². The number of unbranched alkanes of at least 4 members (excludes halogenated alkanes) is 1. The fourth-order valence-electron chi connectivity index (χ4n) is 6.38. The molecule has 0 aliphatic carbocycles. The van der Waals surface area contributed by atoms with Gasteiger partial charge in [-0.1, -0.05) is 60.1 Å². The molecule has 0 aliphatic heterocycles. The third-order valence-electron chi connectivity index (χ3n) is 9.74. The van der Waals surface area contributed by atoms with Crippen molar-refractivity contribution in [3.8, 4) is 11.1 Å². The Hall–Kier alpha value is -4.46. The van der Waals surface area contributed by atoms with Gasteiger partial charge < -0.3 is 48.1 Å². The van der Waals surface area contributed by atoms with Crippen LogP contribution in [0, 0.1) is 0 Å². The van der Waals surface area contributed by atoms with Gasteiger partial charge >= 0.3 is 0 Å². The van der Waals surface area contributed by atoms with Crippen LogP contribution in [0.4, 0.5) is 11.6 Å². The Morgan fingerprint density at radius 2 is 1.48 bits per heavy atom. The summed E-state index contributed by atoms with van der Waals surface area (Å²) in [6.45, 7) is 1.30. The molecule has 4 unspecified atom stereocenters. The first kappa shape index (κ1) is 47.9. The SMILES string of the molecule is CO[N+](CCNC(=O)CCc1ccc(-c2ccc(CCCCN=C(N)NC(=O)c3nc(Cl)c(N)nc3N)cc2)cc1)(CCC(O)CCCO)CC(O)CC(O)CCO. The number of carbonyl (C=O) groups is 2. The number of carbonyl (C=O) groups excluding carboxylic acids is 2. The van der Waals surface area contributed by atoms with E-state index in [9.17, 15) is 24.9 Å². The quantitative estimate of drug-likeness (QED) is 0.0181. The van der Waals surface area contributed by atoms with Crippen molar-refractivity contribution in [3.63, 3.8) is 0 Å². The van der Waals surface area contributed by atoms with Gasteiger partial charge in [0.1, 0.15) is 25.7 Å². The number of aliphatic imine (C=N–C) groups is 1. The van der Waals surface area contributed by atoms with Crippen molar-refractivity contribution >= 4 is 41.0 Å². The highest BCUT2D eigenvalue weighted by Crippen LogP contribution is 2.22. The Labute approximate surface area is 344 Å². The summed E-state index contributed by atoms with van der Waals surface area (Å²) in [6, 6.07) is 16.4. The summed E-state index contributed by atoms with van der Waals surface area (Å²) in [7, 11) is 1.51. The molecule has 0 aliphatic rings. The van der Waals surface area contributed by atoms with Crippen LogP contribution >= 0.6 is 11.6 Å². The Bertz CT molecular complexity index is 1740. The first-order valence-corrected chi connectivity index (χ1v) is 20.0. The predicted octanol–water partition coefficient (Wildman–Crippen LogP) is 1.47. The number of rotatable bonds is 26. The van der Waals surface area contributed by atoms with E-state index in [4.69, 9.17) is 43.9 Å². The van der Waals surface area contributed by atoms with Gasteiger partial charge in [0, 0.05) is 39.0 Å². The lowest BCUT2D eigenvalue weighted by Gasteiger charge is -2.36. The minimum Gasteiger partial charge on any atom is -0.396 e. The van der Waals surface area contributed by atoms with Gasteiger partial charge in [0.05, 0.1) is 25.9 Å². The number of aliphatic hydroxyl groups excluding tert-OH is 5. The standard InChI is InChI=1S/C40H60ClN9O8/c1-58-50(21-17-31(53)6-4-23-51,26-33(55)25-32(54)18-24-52)22-20-45-34(56)16-11-28-9-14-30(15-10-28)29-12-7-27(8-13-29)5-2-3-19-46-40(44)49-39(57)35-37(42)48-38(43)36(41)47-35/h7-10,12-15,31-33,51-55H,2-6,11,16-26H2,1H3,(H7-,42,43,44,45,46,48,49,56,57)/p+1. The number of hydrogen-bond acceptors (Lipinski definition) is 13. The molecule has 58 heavy (non-hydrogen) atoms. The molecular formula is C40H61ClN9O8+. The third kappa shape index (κ3) is 16.8. The smallest absolute Gasteiger partial charge is 0.280 e. The number of aryl methyl sites for hydroxylation is 2. The molecule has 3 rings (SSSR count). The lowest BCUT2D eigenvalue weighted by Crippen LogP contribution is -2.56. The van der Waals surface area contributed by atoms with Gasteiger partial charge in [-0.3, -0.25) is 19.9 Å². The van der Waals surface area contributed by atoms with Crippen molar-refractivity contribution in [3.05, 3.63) is 70.5 Å². The maximum Gasteiger partial charge on any atom is 0.280 e. The Kier molecular flexibility index (Phi) is 20.8. The average Bonchev–Trinajstić information content (AvgIpc) is 3.19. The summed E-state index contributed by atoms with van der Waals surface area (Å²) >= 11 is 5.83. The number of aliphatic hydroxyl groups is 5. The molecule has 0 bridgehead atoms. The number of nitrogens with one attached hydrogen (secondary N) is 2. The molecule has 1 heterocycles. The minimum absolute atomic E-state index is 0.0172. The van der Waals surface area contributed by atoms with E-state index in [1.165, 1.54) is 12.7 Å². The van der Waals surface area contributed by atoms with Gasteiger partial charge in [0.25, 0.3) is 5.91 Å². The van der Waals surface area contributed by atoms with Crippen molar-refractivity contribution in [1.82, 2.24) is 20.6 Å². The van der Waals surface area contributed by atoms with Gasteiger partial charge in [-0.15, -0.1) is 0 Å². The maximum atomic E-state index is 12.8. The summed E-state index contributed by atoms with van der Waals surface area (Å²) in [5.41, 5.74) is 21.2. The molecular weight excluding hydrogens is 770 g/mol. The lowest BCUT2D eigenvalue weighted by atomic mass is 9.99. The summed E-state index contributed by atoms with van der Waals surface area (Å²) < 4.78 is -0.0454. The van der Waals surface area contributed by atoms with Crippen LogP contribution in [0.25, 0.3) is 11.1 Å². The summed E-state index contributed by atoms with van der Waals surface area (Å²) in [5, 5.41) is 54.6. The van der Waals surface area contributed by atoms with E-state index < -0.39 is 24.2 Å². The van der Waals surface area contributed by atoms with Crippen molar-refractivity contribution < 1.29 is 44.6 Å². The van der Waals surface area contributed by atoms with Crippen LogP contribution in [0.1, 0.15) is 73.0 Å². The normalized spacial score (nSPS) is 14.4. The van der Waals surface area contributed by atoms with E-state index in [1.54, 1.807) is 0 Å². The number of nitrogens with two attached hydrogens (primary N) is 3. The summed E-state index contributed by atoms with van der Waals surface area (Å²) in [6.07, 6.45) is 2.33. The van der Waals surface area contributed by atoms with Crippen molar-refractivity contribution in [2.24, 2.45) is 10.7 Å². The zero-order chi connectivity index (χ0) is 42.5. The second-order valence-electron chi connectivity index (χ2n) is 14.3. The lowest BCUT2D eigenvalue weighted by molar-refractivity contribution is -1.10. The van der Waals surface area contributed by atoms with Crippen LogP contribution in [0.5, 0.6) is 0 Å². The third-order valence-corrected chi connectivity index (χ3v) is 10.0. The van der Waals surface area contributed by atoms with E-state index in [0.717, 1.165) is 36.0 Å². The number of nitrogens with zero attached hydrogens (tertiary/aromatic N) is 4. The van der Waals surface area contributed by atoms with E-state index in [-0.39, 0.29) is 84.6 Å². The molecule has 3 aromatic rings. The fraction of sp³-hybridized carbons (Fsp3) is 0.525. The second kappa shape index (κ2) is 25.1. The van der Waals surface area contributed by atoms with Crippen molar-refractivity contribution in [2.45, 2.75) is 82.5 Å². The van der Waals surface area contributed by atoms with E-state index in [1.807, 2.05) is 24.3 Å². The fourth-order valence-corrected chi connectivity index (χ4v) is 6.51. The van der Waals surface area contributed by atoms with Gasteiger partial charge in [-0.25, -0.2) is 14.8 Å². The topological polar surface area (TPSA) is 285 Å². The highest BCUT2D eigenvalue weighted by Gasteiger charge is 2.33. The molecule has 0 saturated heterocycles. The molecule has 0 saturated carbocycles. The summed E-state index contributed by atoms with van der Waals surface area (Å²) in [5.74, 6) is -1.13. The first-order chi connectivity index (χ1) is 27.8. The van der Waals surface area contributed by atoms with Crippen molar-refractivity contribution in [1.29, 1.82) is 0 Å². The van der Waals surface area contributed by atoms with Crippen LogP contribution in [0.15, 0.2) is 53.5 Å². The molecule has 13 N–H and O–H groups in total. The number of halogens is 1. The van der Waals surface area contributed by atoms with Gasteiger partial charge in [0.2, 0.25) is 5.91 Å². The average molecular weight is 831 g/mol.